The predicted molar refractivity (Wildman–Crippen MR) is 76.7 cm³/mol. The van der Waals surface area contributed by atoms with Crippen molar-refractivity contribution in [3.05, 3.63) is 29.8 Å². The summed E-state index contributed by atoms with van der Waals surface area (Å²) in [5, 5.41) is 0. The van der Waals surface area contributed by atoms with E-state index in [4.69, 9.17) is 3.87 Å². The SMILES string of the molecule is CCc1ccc(S(=O)(=O)O[Si](C)(C)C(C)C)cc1. The minimum absolute atomic E-state index is 0.251. The van der Waals surface area contributed by atoms with Crippen molar-refractivity contribution in [3.63, 3.8) is 0 Å². The molecule has 0 saturated heterocycles. The quantitative estimate of drug-likeness (QED) is 0.777. The highest BCUT2D eigenvalue weighted by atomic mass is 32.2. The molecular formula is C13H22O3SSi. The Kier molecular flexibility index (Phi) is 4.75. The molecule has 0 fully saturated rings. The number of aryl methyl sites for hydroxylation is 1. The van der Waals surface area contributed by atoms with E-state index in [0.717, 1.165) is 12.0 Å². The van der Waals surface area contributed by atoms with Gasteiger partial charge >= 0.3 is 0 Å². The van der Waals surface area contributed by atoms with Gasteiger partial charge in [-0.05, 0) is 42.8 Å². The van der Waals surface area contributed by atoms with Gasteiger partial charge in [0, 0.05) is 0 Å². The van der Waals surface area contributed by atoms with Crippen LogP contribution in [0.15, 0.2) is 29.2 Å². The maximum atomic E-state index is 12.2. The maximum Gasteiger partial charge on any atom is 0.287 e. The topological polar surface area (TPSA) is 43.4 Å². The lowest BCUT2D eigenvalue weighted by Gasteiger charge is -2.25. The van der Waals surface area contributed by atoms with Gasteiger partial charge in [-0.25, -0.2) is 0 Å². The molecule has 1 rings (SSSR count). The van der Waals surface area contributed by atoms with Crippen LogP contribution in [0.3, 0.4) is 0 Å². The molecule has 0 atom stereocenters. The highest BCUT2D eigenvalue weighted by Gasteiger charge is 2.33. The molecule has 0 spiro atoms. The third-order valence-corrected chi connectivity index (χ3v) is 9.56. The minimum Gasteiger partial charge on any atom is -0.311 e. The molecular weight excluding hydrogens is 264 g/mol. The van der Waals surface area contributed by atoms with E-state index in [2.05, 4.69) is 0 Å². The summed E-state index contributed by atoms with van der Waals surface area (Å²) in [6, 6.07) is 6.91. The summed E-state index contributed by atoms with van der Waals surface area (Å²) in [6.45, 7) is 9.89. The average Bonchev–Trinajstić information content (AvgIpc) is 2.27. The summed E-state index contributed by atoms with van der Waals surface area (Å²) in [5.74, 6) is 0. The molecule has 0 aliphatic heterocycles. The van der Waals surface area contributed by atoms with E-state index in [1.807, 2.05) is 46.0 Å². The van der Waals surface area contributed by atoms with Gasteiger partial charge in [-0.3, -0.25) is 0 Å². The van der Waals surface area contributed by atoms with Gasteiger partial charge in [-0.1, -0.05) is 32.9 Å². The Hall–Kier alpha value is -0.653. The van der Waals surface area contributed by atoms with Gasteiger partial charge in [-0.15, -0.1) is 0 Å². The highest BCUT2D eigenvalue weighted by molar-refractivity contribution is 7.87. The molecule has 102 valence electrons. The van der Waals surface area contributed by atoms with Crippen LogP contribution in [0.25, 0.3) is 0 Å². The molecule has 0 bridgehead atoms. The van der Waals surface area contributed by atoms with Crippen LogP contribution in [0.1, 0.15) is 26.3 Å². The second-order valence-corrected chi connectivity index (χ2v) is 11.7. The molecule has 3 nitrogen and oxygen atoms in total. The van der Waals surface area contributed by atoms with Crippen molar-refractivity contribution in [3.8, 4) is 0 Å². The van der Waals surface area contributed by atoms with Crippen molar-refractivity contribution in [2.45, 2.75) is 50.7 Å². The third-order valence-electron chi connectivity index (χ3n) is 3.34. The Bertz CT molecular complexity index is 489. The fourth-order valence-corrected chi connectivity index (χ4v) is 5.21. The summed E-state index contributed by atoms with van der Waals surface area (Å²) in [7, 11) is -5.83. The number of hydrogen-bond acceptors (Lipinski definition) is 3. The van der Waals surface area contributed by atoms with Crippen molar-refractivity contribution >= 4 is 18.4 Å². The Morgan fingerprint density at radius 2 is 1.67 bits per heavy atom. The van der Waals surface area contributed by atoms with E-state index >= 15 is 0 Å². The van der Waals surface area contributed by atoms with Crippen molar-refractivity contribution in [1.82, 2.24) is 0 Å². The van der Waals surface area contributed by atoms with Crippen LogP contribution in [0.4, 0.5) is 0 Å². The first-order valence-electron chi connectivity index (χ1n) is 6.23. The number of hydrogen-bond donors (Lipinski definition) is 0. The van der Waals surface area contributed by atoms with Gasteiger partial charge < -0.3 is 3.87 Å². The molecule has 0 aromatic heterocycles. The summed E-state index contributed by atoms with van der Waals surface area (Å²) in [6.07, 6.45) is 0.896. The Morgan fingerprint density at radius 3 is 2.06 bits per heavy atom. The molecule has 1 aromatic rings. The molecule has 0 N–H and O–H groups in total. The van der Waals surface area contributed by atoms with Crippen LogP contribution in [0, 0.1) is 0 Å². The molecule has 5 heteroatoms. The van der Waals surface area contributed by atoms with Gasteiger partial charge in [-0.2, -0.15) is 8.42 Å². The van der Waals surface area contributed by atoms with Crippen LogP contribution in [-0.2, 0) is 20.4 Å². The summed E-state index contributed by atoms with van der Waals surface area (Å²) in [4.78, 5) is 0.251. The first-order valence-corrected chi connectivity index (χ1v) is 10.6. The van der Waals surface area contributed by atoms with Gasteiger partial charge in [0.15, 0.2) is 0 Å². The third kappa shape index (κ3) is 3.67. The standard InChI is InChI=1S/C13H22O3SSi/c1-6-12-7-9-13(10-8-12)17(14,15)16-18(4,5)11(2)3/h7-11H,6H2,1-5H3. The zero-order valence-corrected chi connectivity index (χ0v) is 13.5. The van der Waals surface area contributed by atoms with E-state index in [-0.39, 0.29) is 10.4 Å². The second kappa shape index (κ2) is 5.55. The minimum atomic E-state index is -3.63. The van der Waals surface area contributed by atoms with E-state index in [1.165, 1.54) is 0 Å². The number of benzene rings is 1. The van der Waals surface area contributed by atoms with Crippen molar-refractivity contribution in [2.75, 3.05) is 0 Å². The van der Waals surface area contributed by atoms with Crippen LogP contribution < -0.4 is 0 Å². The molecule has 0 radical (unpaired) electrons. The molecule has 0 saturated carbocycles. The van der Waals surface area contributed by atoms with Gasteiger partial charge in [0.2, 0.25) is 8.32 Å². The zero-order valence-electron chi connectivity index (χ0n) is 11.7. The van der Waals surface area contributed by atoms with E-state index in [0.29, 0.717) is 0 Å². The molecule has 0 aliphatic carbocycles. The van der Waals surface area contributed by atoms with Gasteiger partial charge in [0.25, 0.3) is 10.1 Å². The van der Waals surface area contributed by atoms with Crippen molar-refractivity contribution < 1.29 is 12.3 Å². The highest BCUT2D eigenvalue weighted by Crippen LogP contribution is 2.26. The predicted octanol–water partition coefficient (Wildman–Crippen LogP) is 3.57. The van der Waals surface area contributed by atoms with Gasteiger partial charge in [0.05, 0.1) is 4.90 Å². The summed E-state index contributed by atoms with van der Waals surface area (Å²) in [5.41, 5.74) is 1.37. The Balaban J connectivity index is 2.99. The summed E-state index contributed by atoms with van der Waals surface area (Å²) >= 11 is 0. The molecule has 18 heavy (non-hydrogen) atoms. The zero-order chi connectivity index (χ0) is 14.0. The smallest absolute Gasteiger partial charge is 0.287 e. The van der Waals surface area contributed by atoms with E-state index < -0.39 is 18.4 Å². The Labute approximate surface area is 111 Å². The molecule has 0 aliphatic rings. The molecule has 0 unspecified atom stereocenters. The lowest BCUT2D eigenvalue weighted by atomic mass is 10.2. The first-order chi connectivity index (χ1) is 8.19. The number of rotatable bonds is 5. The fraction of sp³-hybridized carbons (Fsp3) is 0.538. The Morgan fingerprint density at radius 1 is 1.17 bits per heavy atom. The lowest BCUT2D eigenvalue weighted by Crippen LogP contribution is -2.36. The van der Waals surface area contributed by atoms with E-state index in [1.54, 1.807) is 12.1 Å². The first kappa shape index (κ1) is 15.4. The second-order valence-electron chi connectivity index (χ2n) is 5.29. The monoisotopic (exact) mass is 286 g/mol. The van der Waals surface area contributed by atoms with Crippen LogP contribution in [0.2, 0.25) is 18.6 Å². The van der Waals surface area contributed by atoms with Gasteiger partial charge in [0.1, 0.15) is 0 Å². The average molecular weight is 286 g/mol. The van der Waals surface area contributed by atoms with Crippen LogP contribution in [-0.4, -0.2) is 16.7 Å². The van der Waals surface area contributed by atoms with Crippen LogP contribution >= 0.6 is 0 Å². The maximum absolute atomic E-state index is 12.2. The molecule has 0 heterocycles. The van der Waals surface area contributed by atoms with Crippen LogP contribution in [0.5, 0.6) is 0 Å². The molecule has 0 amide bonds. The summed E-state index contributed by atoms with van der Waals surface area (Å²) < 4.78 is 29.8. The fourth-order valence-electron chi connectivity index (χ4n) is 1.32. The normalized spacial score (nSPS) is 13.0. The van der Waals surface area contributed by atoms with Crippen molar-refractivity contribution in [2.24, 2.45) is 0 Å². The molecule has 1 aromatic carbocycles. The largest absolute Gasteiger partial charge is 0.311 e. The lowest BCUT2D eigenvalue weighted by molar-refractivity contribution is 0.475. The van der Waals surface area contributed by atoms with Crippen molar-refractivity contribution in [1.29, 1.82) is 0 Å². The van der Waals surface area contributed by atoms with E-state index in [9.17, 15) is 8.42 Å².